The lowest BCUT2D eigenvalue weighted by atomic mass is 9.88. The predicted molar refractivity (Wildman–Crippen MR) is 129 cm³/mol. The standard InChI is InChI=1S/C25H24F2N4O3S/c1-2-3-14-4-7-20-21-17(12-30(20)24(14)34)18(13-32)22(23(33)29-25-28-8-9-35-25)31(21)11-15-10-16(26)5-6-19(15)27/h2-10,17-18,21-22,32H,11-13H2,1H3,(H,28,29,33)/t17-,18-,21+,22-/m1/s1. The zero-order chi connectivity index (χ0) is 24.7. The van der Waals surface area contributed by atoms with Crippen LogP contribution in [-0.2, 0) is 17.9 Å². The third kappa shape index (κ3) is 4.11. The summed E-state index contributed by atoms with van der Waals surface area (Å²) in [6.07, 6.45) is 5.09. The number of aromatic nitrogens is 2. The number of pyridine rings is 1. The minimum atomic E-state index is -0.833. The second kappa shape index (κ2) is 9.44. The molecule has 0 unspecified atom stereocenters. The highest BCUT2D eigenvalue weighted by atomic mass is 32.1. The smallest absolute Gasteiger partial charge is 0.258 e. The number of nitrogens with zero attached hydrogens (tertiary/aromatic N) is 3. The normalized spacial score (nSPS) is 23.5. The number of aliphatic hydroxyl groups excluding tert-OH is 1. The van der Waals surface area contributed by atoms with Crippen molar-refractivity contribution in [1.29, 1.82) is 0 Å². The molecular weight excluding hydrogens is 474 g/mol. The summed E-state index contributed by atoms with van der Waals surface area (Å²) < 4.78 is 30.3. The number of carbonyl (C=O) groups excluding carboxylic acids is 1. The molecule has 35 heavy (non-hydrogen) atoms. The third-order valence-electron chi connectivity index (χ3n) is 6.86. The van der Waals surface area contributed by atoms with Gasteiger partial charge in [0.05, 0.1) is 12.1 Å². The fourth-order valence-corrected chi connectivity index (χ4v) is 5.97. The molecule has 0 radical (unpaired) electrons. The third-order valence-corrected chi connectivity index (χ3v) is 7.55. The number of amides is 1. The maximum atomic E-state index is 14.7. The van der Waals surface area contributed by atoms with Gasteiger partial charge in [0, 0.05) is 59.9 Å². The lowest BCUT2D eigenvalue weighted by molar-refractivity contribution is -0.122. The molecule has 2 aliphatic heterocycles. The molecular formula is C25H24F2N4O3S. The van der Waals surface area contributed by atoms with Crippen molar-refractivity contribution < 1.29 is 18.7 Å². The molecule has 2 aromatic heterocycles. The van der Waals surface area contributed by atoms with Gasteiger partial charge in [-0.15, -0.1) is 11.3 Å². The van der Waals surface area contributed by atoms with E-state index < -0.39 is 29.6 Å². The van der Waals surface area contributed by atoms with Crippen LogP contribution in [0.25, 0.3) is 6.08 Å². The van der Waals surface area contributed by atoms with Crippen LogP contribution in [0.3, 0.4) is 0 Å². The molecule has 2 aliphatic rings. The fourth-order valence-electron chi connectivity index (χ4n) is 5.43. The van der Waals surface area contributed by atoms with Gasteiger partial charge < -0.3 is 15.0 Å². The summed E-state index contributed by atoms with van der Waals surface area (Å²) in [5.41, 5.74) is 1.17. The summed E-state index contributed by atoms with van der Waals surface area (Å²) >= 11 is 1.26. The van der Waals surface area contributed by atoms with Crippen molar-refractivity contribution in [3.05, 3.63) is 86.8 Å². The van der Waals surface area contributed by atoms with E-state index in [-0.39, 0.29) is 36.1 Å². The van der Waals surface area contributed by atoms with Gasteiger partial charge in [0.1, 0.15) is 11.6 Å². The van der Waals surface area contributed by atoms with Crippen LogP contribution >= 0.6 is 11.3 Å². The zero-order valence-corrected chi connectivity index (χ0v) is 19.7. The minimum Gasteiger partial charge on any atom is -0.396 e. The molecule has 4 atom stereocenters. The van der Waals surface area contributed by atoms with Crippen molar-refractivity contribution in [1.82, 2.24) is 14.5 Å². The summed E-state index contributed by atoms with van der Waals surface area (Å²) in [4.78, 5) is 32.4. The van der Waals surface area contributed by atoms with Gasteiger partial charge >= 0.3 is 0 Å². The number of hydrogen-bond donors (Lipinski definition) is 2. The van der Waals surface area contributed by atoms with Crippen molar-refractivity contribution in [3.8, 4) is 0 Å². The molecule has 1 saturated heterocycles. The van der Waals surface area contributed by atoms with E-state index in [9.17, 15) is 23.5 Å². The lowest BCUT2D eigenvalue weighted by Crippen LogP contribution is -2.45. The summed E-state index contributed by atoms with van der Waals surface area (Å²) in [6, 6.07) is 5.52. The molecule has 7 nitrogen and oxygen atoms in total. The predicted octanol–water partition coefficient (Wildman–Crippen LogP) is 3.42. The minimum absolute atomic E-state index is 0.0674. The van der Waals surface area contributed by atoms with E-state index in [1.165, 1.54) is 11.3 Å². The Bertz CT molecular complexity index is 1340. The van der Waals surface area contributed by atoms with E-state index in [0.717, 1.165) is 18.2 Å². The zero-order valence-electron chi connectivity index (χ0n) is 18.9. The SMILES string of the molecule is CC=Cc1ccc2n(c1=O)C[C@@H]1[C@@H](CO)[C@H](C(=O)Nc3nccs3)N(Cc3cc(F)ccc3F)[C@H]21. The Morgan fingerprint density at radius 3 is 2.86 bits per heavy atom. The Morgan fingerprint density at radius 2 is 2.14 bits per heavy atom. The van der Waals surface area contributed by atoms with E-state index >= 15 is 0 Å². The number of anilines is 1. The number of fused-ring (bicyclic) bond motifs is 3. The van der Waals surface area contributed by atoms with Crippen LogP contribution in [0.4, 0.5) is 13.9 Å². The number of allylic oxidation sites excluding steroid dienone is 1. The Kier molecular flexibility index (Phi) is 6.35. The van der Waals surface area contributed by atoms with Crippen LogP contribution in [-0.4, -0.2) is 38.1 Å². The maximum Gasteiger partial charge on any atom is 0.258 e. The van der Waals surface area contributed by atoms with E-state index in [0.29, 0.717) is 22.9 Å². The number of aliphatic hydroxyl groups is 1. The van der Waals surface area contributed by atoms with Gasteiger partial charge in [-0.3, -0.25) is 14.5 Å². The first-order valence-electron chi connectivity index (χ1n) is 11.3. The number of benzene rings is 1. The number of nitrogens with one attached hydrogen (secondary N) is 1. The van der Waals surface area contributed by atoms with Gasteiger partial charge in [0.15, 0.2) is 5.13 Å². The van der Waals surface area contributed by atoms with Crippen LogP contribution in [0, 0.1) is 23.5 Å². The molecule has 182 valence electrons. The second-order valence-electron chi connectivity index (χ2n) is 8.76. The van der Waals surface area contributed by atoms with Crippen LogP contribution in [0.5, 0.6) is 0 Å². The Morgan fingerprint density at radius 1 is 1.31 bits per heavy atom. The topological polar surface area (TPSA) is 87.5 Å². The van der Waals surface area contributed by atoms with Gasteiger partial charge in [-0.25, -0.2) is 13.8 Å². The molecule has 0 aliphatic carbocycles. The van der Waals surface area contributed by atoms with Crippen molar-refractivity contribution in [2.24, 2.45) is 11.8 Å². The Labute approximate surface area is 204 Å². The molecule has 0 spiro atoms. The number of likely N-dealkylation sites (tertiary alicyclic amines) is 1. The molecule has 4 heterocycles. The summed E-state index contributed by atoms with van der Waals surface area (Å²) in [7, 11) is 0. The summed E-state index contributed by atoms with van der Waals surface area (Å²) in [6.45, 7) is 1.78. The first kappa shape index (κ1) is 23.5. The fraction of sp³-hybridized carbons (Fsp3) is 0.320. The molecule has 1 fully saturated rings. The van der Waals surface area contributed by atoms with Crippen LogP contribution in [0.2, 0.25) is 0 Å². The van der Waals surface area contributed by atoms with E-state index in [4.69, 9.17) is 0 Å². The number of thiazole rings is 1. The lowest BCUT2D eigenvalue weighted by Gasteiger charge is -2.30. The summed E-state index contributed by atoms with van der Waals surface area (Å²) in [5, 5.41) is 15.3. The number of halogens is 2. The van der Waals surface area contributed by atoms with Crippen molar-refractivity contribution in [2.75, 3.05) is 11.9 Å². The van der Waals surface area contributed by atoms with E-state index in [2.05, 4.69) is 10.3 Å². The highest BCUT2D eigenvalue weighted by Gasteiger charge is 2.55. The van der Waals surface area contributed by atoms with Gasteiger partial charge in [0.25, 0.3) is 5.56 Å². The molecule has 1 aromatic carbocycles. The van der Waals surface area contributed by atoms with Crippen LogP contribution in [0.1, 0.15) is 29.8 Å². The average Bonchev–Trinajstić information content (AvgIpc) is 3.54. The maximum absolute atomic E-state index is 14.7. The van der Waals surface area contributed by atoms with Gasteiger partial charge in [-0.2, -0.15) is 0 Å². The van der Waals surface area contributed by atoms with Crippen molar-refractivity contribution in [2.45, 2.75) is 32.1 Å². The highest BCUT2D eigenvalue weighted by molar-refractivity contribution is 7.13. The first-order chi connectivity index (χ1) is 16.9. The molecule has 10 heteroatoms. The molecule has 3 aromatic rings. The molecule has 0 saturated carbocycles. The summed E-state index contributed by atoms with van der Waals surface area (Å²) in [5.74, 6) is -2.35. The quantitative estimate of drug-likeness (QED) is 0.544. The monoisotopic (exact) mass is 498 g/mol. The molecule has 1 amide bonds. The number of hydrogen-bond acceptors (Lipinski definition) is 6. The largest absolute Gasteiger partial charge is 0.396 e. The molecule has 0 bridgehead atoms. The van der Waals surface area contributed by atoms with Gasteiger partial charge in [-0.05, 0) is 37.3 Å². The van der Waals surface area contributed by atoms with E-state index in [1.54, 1.807) is 39.3 Å². The van der Waals surface area contributed by atoms with Gasteiger partial charge in [0.2, 0.25) is 5.91 Å². The van der Waals surface area contributed by atoms with Gasteiger partial charge in [-0.1, -0.05) is 12.2 Å². The first-order valence-corrected chi connectivity index (χ1v) is 12.2. The van der Waals surface area contributed by atoms with Crippen LogP contribution in [0.15, 0.2) is 52.8 Å². The highest BCUT2D eigenvalue weighted by Crippen LogP contribution is 2.50. The number of rotatable bonds is 6. The Hall–Kier alpha value is -3.21. The van der Waals surface area contributed by atoms with Crippen molar-refractivity contribution >= 4 is 28.5 Å². The average molecular weight is 499 g/mol. The Balaban J connectivity index is 1.60. The molecule has 2 N–H and O–H groups in total. The molecule has 5 rings (SSSR count). The van der Waals surface area contributed by atoms with Crippen LogP contribution < -0.4 is 10.9 Å². The second-order valence-corrected chi connectivity index (χ2v) is 9.66. The van der Waals surface area contributed by atoms with E-state index in [1.807, 2.05) is 13.0 Å². The van der Waals surface area contributed by atoms with Crippen molar-refractivity contribution in [3.63, 3.8) is 0 Å². The number of carbonyl (C=O) groups is 1.